The van der Waals surface area contributed by atoms with Crippen molar-refractivity contribution >= 4 is 16.8 Å². The quantitative estimate of drug-likeness (QED) is 0.904. The number of pyridine rings is 1. The third-order valence-corrected chi connectivity index (χ3v) is 3.23. The second-order valence-electron chi connectivity index (χ2n) is 6.51. The fraction of sp³-hybridized carbons (Fsp3) is 0.412. The van der Waals surface area contributed by atoms with Gasteiger partial charge in [0, 0.05) is 17.6 Å². The molecule has 0 unspecified atom stereocenters. The number of carbonyl (C=O) groups excluding carboxylic acids is 1. The minimum absolute atomic E-state index is 0.0736. The van der Waals surface area contributed by atoms with Crippen molar-refractivity contribution in [3.8, 4) is 0 Å². The normalized spacial score (nSPS) is 11.9. The number of hydrogen-bond donors (Lipinski definition) is 1. The Kier molecular flexibility index (Phi) is 3.80. The van der Waals surface area contributed by atoms with Crippen molar-refractivity contribution in [2.24, 2.45) is 0 Å². The van der Waals surface area contributed by atoms with E-state index in [4.69, 9.17) is 0 Å². The smallest absolute Gasteiger partial charge is 0.253 e. The second-order valence-corrected chi connectivity index (χ2v) is 6.51. The summed E-state index contributed by atoms with van der Waals surface area (Å²) in [4.78, 5) is 16.4. The monoisotopic (exact) mass is 270 g/mol. The second kappa shape index (κ2) is 5.23. The minimum atomic E-state index is -0.0736. The van der Waals surface area contributed by atoms with Crippen LogP contribution in [0.25, 0.3) is 10.9 Å². The van der Waals surface area contributed by atoms with Crippen LogP contribution < -0.4 is 5.32 Å². The highest BCUT2D eigenvalue weighted by Gasteiger charge is 2.15. The van der Waals surface area contributed by atoms with Crippen LogP contribution in [0.3, 0.4) is 0 Å². The van der Waals surface area contributed by atoms with Gasteiger partial charge in [-0.1, -0.05) is 26.8 Å². The van der Waals surface area contributed by atoms with Crippen molar-refractivity contribution in [2.75, 3.05) is 0 Å². The Hall–Kier alpha value is -1.90. The van der Waals surface area contributed by atoms with Gasteiger partial charge in [-0.05, 0) is 43.0 Å². The zero-order valence-corrected chi connectivity index (χ0v) is 12.8. The Morgan fingerprint density at radius 1 is 1.20 bits per heavy atom. The molecule has 1 amide bonds. The van der Waals surface area contributed by atoms with E-state index in [1.54, 1.807) is 6.20 Å². The molecule has 106 valence electrons. The van der Waals surface area contributed by atoms with E-state index < -0.39 is 0 Å². The summed E-state index contributed by atoms with van der Waals surface area (Å²) in [7, 11) is 0. The van der Waals surface area contributed by atoms with Gasteiger partial charge in [0.25, 0.3) is 5.91 Å². The van der Waals surface area contributed by atoms with Crippen LogP contribution in [-0.4, -0.2) is 16.9 Å². The Balaban J connectivity index is 2.44. The van der Waals surface area contributed by atoms with Gasteiger partial charge in [0.1, 0.15) is 0 Å². The standard InChI is InChI=1S/C17H22N2O/c1-11(2)19-16(20)13-8-12-9-14(17(3,4)5)6-7-15(12)18-10-13/h6-11H,1-5H3,(H,19,20). The topological polar surface area (TPSA) is 42.0 Å². The molecule has 2 rings (SSSR count). The number of benzene rings is 1. The lowest BCUT2D eigenvalue weighted by Crippen LogP contribution is -2.30. The van der Waals surface area contributed by atoms with Gasteiger partial charge in [-0.15, -0.1) is 0 Å². The van der Waals surface area contributed by atoms with Crippen LogP contribution in [0.2, 0.25) is 0 Å². The van der Waals surface area contributed by atoms with E-state index in [9.17, 15) is 4.79 Å². The molecule has 0 aliphatic heterocycles. The molecule has 0 radical (unpaired) electrons. The van der Waals surface area contributed by atoms with Gasteiger partial charge in [-0.25, -0.2) is 0 Å². The molecule has 3 nitrogen and oxygen atoms in total. The molecule has 1 heterocycles. The predicted molar refractivity (Wildman–Crippen MR) is 83.0 cm³/mol. The van der Waals surface area contributed by atoms with Gasteiger partial charge in [-0.3, -0.25) is 9.78 Å². The van der Waals surface area contributed by atoms with E-state index in [-0.39, 0.29) is 17.4 Å². The molecule has 2 aromatic rings. The van der Waals surface area contributed by atoms with Crippen LogP contribution >= 0.6 is 0 Å². The summed E-state index contributed by atoms with van der Waals surface area (Å²) in [5.41, 5.74) is 2.86. The lowest BCUT2D eigenvalue weighted by atomic mass is 9.86. The van der Waals surface area contributed by atoms with Gasteiger partial charge < -0.3 is 5.32 Å². The lowest BCUT2D eigenvalue weighted by molar-refractivity contribution is 0.0943. The molecular weight excluding hydrogens is 248 g/mol. The highest BCUT2D eigenvalue weighted by atomic mass is 16.1. The first kappa shape index (κ1) is 14.5. The summed E-state index contributed by atoms with van der Waals surface area (Å²) in [6, 6.07) is 8.27. The van der Waals surface area contributed by atoms with Crippen LogP contribution in [-0.2, 0) is 5.41 Å². The Morgan fingerprint density at radius 3 is 2.50 bits per heavy atom. The molecule has 1 aromatic carbocycles. The molecule has 0 saturated carbocycles. The van der Waals surface area contributed by atoms with Crippen molar-refractivity contribution in [3.63, 3.8) is 0 Å². The molecule has 0 fully saturated rings. The van der Waals surface area contributed by atoms with Crippen LogP contribution in [0.1, 0.15) is 50.5 Å². The summed E-state index contributed by atoms with van der Waals surface area (Å²) in [6.07, 6.45) is 1.64. The first-order chi connectivity index (χ1) is 9.27. The summed E-state index contributed by atoms with van der Waals surface area (Å²) in [5, 5.41) is 3.90. The molecule has 0 bridgehead atoms. The van der Waals surface area contributed by atoms with Gasteiger partial charge in [0.2, 0.25) is 0 Å². The number of nitrogens with one attached hydrogen (secondary N) is 1. The van der Waals surface area contributed by atoms with Crippen LogP contribution in [0.15, 0.2) is 30.5 Å². The molecule has 1 aromatic heterocycles. The van der Waals surface area contributed by atoms with E-state index in [0.717, 1.165) is 10.9 Å². The van der Waals surface area contributed by atoms with Gasteiger partial charge in [-0.2, -0.15) is 0 Å². The molecule has 0 atom stereocenters. The molecule has 3 heteroatoms. The van der Waals surface area contributed by atoms with Crippen molar-refractivity contribution < 1.29 is 4.79 Å². The largest absolute Gasteiger partial charge is 0.350 e. The highest BCUT2D eigenvalue weighted by molar-refractivity contribution is 5.97. The van der Waals surface area contributed by atoms with Crippen LogP contribution in [0.4, 0.5) is 0 Å². The summed E-state index contributed by atoms with van der Waals surface area (Å²) in [6.45, 7) is 10.4. The Bertz CT molecular complexity index is 639. The van der Waals surface area contributed by atoms with E-state index in [1.807, 2.05) is 26.0 Å². The van der Waals surface area contributed by atoms with Crippen molar-refractivity contribution in [1.29, 1.82) is 0 Å². The summed E-state index contributed by atoms with van der Waals surface area (Å²) >= 11 is 0. The molecule has 1 N–H and O–H groups in total. The summed E-state index contributed by atoms with van der Waals surface area (Å²) in [5.74, 6) is -0.0736. The minimum Gasteiger partial charge on any atom is -0.350 e. The first-order valence-corrected chi connectivity index (χ1v) is 6.98. The Labute approximate surface area is 120 Å². The van der Waals surface area contributed by atoms with Crippen LogP contribution in [0.5, 0.6) is 0 Å². The van der Waals surface area contributed by atoms with E-state index in [2.05, 4.69) is 43.2 Å². The van der Waals surface area contributed by atoms with Crippen molar-refractivity contribution in [1.82, 2.24) is 10.3 Å². The number of amides is 1. The number of rotatable bonds is 2. The van der Waals surface area contributed by atoms with E-state index in [0.29, 0.717) is 5.56 Å². The SMILES string of the molecule is CC(C)NC(=O)c1cnc2ccc(C(C)(C)C)cc2c1. The van der Waals surface area contributed by atoms with E-state index in [1.165, 1.54) is 5.56 Å². The maximum Gasteiger partial charge on any atom is 0.253 e. The molecule has 0 saturated heterocycles. The number of carbonyl (C=O) groups is 1. The van der Waals surface area contributed by atoms with E-state index >= 15 is 0 Å². The predicted octanol–water partition coefficient (Wildman–Crippen LogP) is 3.67. The lowest BCUT2D eigenvalue weighted by Gasteiger charge is -2.19. The Morgan fingerprint density at radius 2 is 1.90 bits per heavy atom. The van der Waals surface area contributed by atoms with Crippen molar-refractivity contribution in [2.45, 2.75) is 46.1 Å². The van der Waals surface area contributed by atoms with Gasteiger partial charge in [0.05, 0.1) is 11.1 Å². The summed E-state index contributed by atoms with van der Waals surface area (Å²) < 4.78 is 0. The average molecular weight is 270 g/mol. The number of nitrogens with zero attached hydrogens (tertiary/aromatic N) is 1. The molecular formula is C17H22N2O. The fourth-order valence-corrected chi connectivity index (χ4v) is 2.07. The number of fused-ring (bicyclic) bond motifs is 1. The van der Waals surface area contributed by atoms with Gasteiger partial charge >= 0.3 is 0 Å². The molecule has 0 aliphatic rings. The highest BCUT2D eigenvalue weighted by Crippen LogP contribution is 2.25. The number of hydrogen-bond acceptors (Lipinski definition) is 2. The molecule has 0 aliphatic carbocycles. The van der Waals surface area contributed by atoms with Crippen LogP contribution in [0, 0.1) is 0 Å². The number of aromatic nitrogens is 1. The fourth-order valence-electron chi connectivity index (χ4n) is 2.07. The zero-order valence-electron chi connectivity index (χ0n) is 12.8. The first-order valence-electron chi connectivity index (χ1n) is 6.98. The van der Waals surface area contributed by atoms with Crippen molar-refractivity contribution in [3.05, 3.63) is 41.6 Å². The third-order valence-electron chi connectivity index (χ3n) is 3.23. The molecule has 20 heavy (non-hydrogen) atoms. The third kappa shape index (κ3) is 3.16. The van der Waals surface area contributed by atoms with Gasteiger partial charge in [0.15, 0.2) is 0 Å². The zero-order chi connectivity index (χ0) is 14.9. The maximum absolute atomic E-state index is 12.0. The molecule has 0 spiro atoms. The maximum atomic E-state index is 12.0. The average Bonchev–Trinajstić information content (AvgIpc) is 2.35.